The van der Waals surface area contributed by atoms with E-state index in [1.54, 1.807) is 0 Å². The summed E-state index contributed by atoms with van der Waals surface area (Å²) in [6, 6.07) is 10.7. The van der Waals surface area contributed by atoms with Crippen molar-refractivity contribution in [2.45, 2.75) is 26.2 Å². The second-order valence-electron chi connectivity index (χ2n) is 2.94. The van der Waals surface area contributed by atoms with Gasteiger partial charge in [0.25, 0.3) is 0 Å². The van der Waals surface area contributed by atoms with Gasteiger partial charge in [-0.2, -0.15) is 0 Å². The van der Waals surface area contributed by atoms with Gasteiger partial charge >= 0.3 is 87.0 Å². The molecular weight excluding hydrogens is 223 g/mol. The summed E-state index contributed by atoms with van der Waals surface area (Å²) in [7, 11) is 0. The third-order valence-corrected chi connectivity index (χ3v) is 3.60. The number of hydrogen-bond acceptors (Lipinski definition) is 0. The van der Waals surface area contributed by atoms with E-state index in [0.29, 0.717) is 15.0 Å². The predicted molar refractivity (Wildman–Crippen MR) is 60.5 cm³/mol. The Hall–Kier alpha value is -0.521. The maximum atomic E-state index is 2.33. The Labute approximate surface area is 87.2 Å². The molecule has 0 fully saturated rings. The zero-order valence-corrected chi connectivity index (χ0v) is 9.78. The molecule has 13 heavy (non-hydrogen) atoms. The van der Waals surface area contributed by atoms with Gasteiger partial charge in [0, 0.05) is 0 Å². The van der Waals surface area contributed by atoms with Crippen LogP contribution in [0.15, 0.2) is 41.4 Å². The molecule has 0 aliphatic heterocycles. The van der Waals surface area contributed by atoms with Gasteiger partial charge in [0.1, 0.15) is 0 Å². The van der Waals surface area contributed by atoms with Gasteiger partial charge in [-0.05, 0) is 0 Å². The molecule has 0 nitrogen and oxygen atoms in total. The average Bonchev–Trinajstić information content (AvgIpc) is 2.19. The van der Waals surface area contributed by atoms with E-state index < -0.39 is 0 Å². The van der Waals surface area contributed by atoms with E-state index >= 15 is 0 Å². The number of benzene rings is 1. The van der Waals surface area contributed by atoms with Crippen LogP contribution >= 0.6 is 0 Å². The van der Waals surface area contributed by atoms with E-state index in [4.69, 9.17) is 0 Å². The first-order chi connectivity index (χ1) is 6.43. The minimum atomic E-state index is 0.537. The van der Waals surface area contributed by atoms with Crippen LogP contribution < -0.4 is 4.46 Å². The van der Waals surface area contributed by atoms with Gasteiger partial charge in [-0.3, -0.25) is 0 Å². The van der Waals surface area contributed by atoms with Gasteiger partial charge in [-0.1, -0.05) is 0 Å². The van der Waals surface area contributed by atoms with Gasteiger partial charge in [0.15, 0.2) is 0 Å². The summed E-state index contributed by atoms with van der Waals surface area (Å²) >= 11 is 0.537. The summed E-state index contributed by atoms with van der Waals surface area (Å²) in [6.45, 7) is 2.23. The topological polar surface area (TPSA) is 0 Å². The average molecular weight is 239 g/mol. The van der Waals surface area contributed by atoms with Crippen molar-refractivity contribution in [2.24, 2.45) is 0 Å². The minimum absolute atomic E-state index is 0.537. The van der Waals surface area contributed by atoms with E-state index in [2.05, 4.69) is 48.3 Å². The number of rotatable bonds is 5. The second-order valence-corrected chi connectivity index (χ2v) is 5.00. The summed E-state index contributed by atoms with van der Waals surface area (Å²) in [6.07, 6.45) is 6.17. The SMILES string of the molecule is CCCCC=C[Se]c1ccccc1. The first-order valence-electron chi connectivity index (χ1n) is 4.80. The molecule has 0 radical (unpaired) electrons. The van der Waals surface area contributed by atoms with Crippen LogP contribution in [0, 0.1) is 0 Å². The van der Waals surface area contributed by atoms with Crippen molar-refractivity contribution in [1.82, 2.24) is 0 Å². The second kappa shape index (κ2) is 6.94. The van der Waals surface area contributed by atoms with E-state index in [0.717, 1.165) is 0 Å². The Balaban J connectivity index is 2.23. The van der Waals surface area contributed by atoms with Crippen LogP contribution in [-0.4, -0.2) is 15.0 Å². The Morgan fingerprint density at radius 3 is 2.69 bits per heavy atom. The molecule has 70 valence electrons. The molecule has 1 rings (SSSR count). The van der Waals surface area contributed by atoms with Crippen molar-refractivity contribution in [3.05, 3.63) is 41.4 Å². The molecule has 0 saturated carbocycles. The normalized spacial score (nSPS) is 10.8. The molecule has 0 heterocycles. The number of unbranched alkanes of at least 4 members (excludes halogenated alkanes) is 2. The molecule has 0 saturated heterocycles. The van der Waals surface area contributed by atoms with Gasteiger partial charge in [-0.25, -0.2) is 0 Å². The van der Waals surface area contributed by atoms with E-state index in [9.17, 15) is 0 Å². The number of allylic oxidation sites excluding steroid dienone is 1. The molecule has 0 bridgehead atoms. The first kappa shape index (κ1) is 10.6. The molecule has 0 aliphatic rings. The fourth-order valence-corrected chi connectivity index (χ4v) is 2.49. The Morgan fingerprint density at radius 2 is 2.00 bits per heavy atom. The van der Waals surface area contributed by atoms with Crippen molar-refractivity contribution >= 4 is 19.4 Å². The molecule has 1 aromatic rings. The fraction of sp³-hybridized carbons (Fsp3) is 0.333. The van der Waals surface area contributed by atoms with Crippen LogP contribution in [0.2, 0.25) is 0 Å². The third kappa shape index (κ3) is 4.92. The van der Waals surface area contributed by atoms with Crippen LogP contribution in [0.5, 0.6) is 0 Å². The molecule has 0 spiro atoms. The monoisotopic (exact) mass is 240 g/mol. The zero-order chi connectivity index (χ0) is 9.36. The summed E-state index contributed by atoms with van der Waals surface area (Å²) in [5.74, 6) is 0. The standard InChI is InChI=1S/C12H16Se/c1-2-3-4-8-11-13-12-9-6-5-7-10-12/h5-11H,2-4H2,1H3. The summed E-state index contributed by atoms with van der Waals surface area (Å²) in [5.41, 5.74) is 0. The van der Waals surface area contributed by atoms with Gasteiger partial charge < -0.3 is 0 Å². The van der Waals surface area contributed by atoms with Crippen LogP contribution in [-0.2, 0) is 0 Å². The quantitative estimate of drug-likeness (QED) is 0.547. The molecule has 0 amide bonds. The Morgan fingerprint density at radius 1 is 1.23 bits per heavy atom. The Kier molecular flexibility index (Phi) is 5.64. The molecule has 1 heteroatoms. The van der Waals surface area contributed by atoms with Crippen LogP contribution in [0.4, 0.5) is 0 Å². The van der Waals surface area contributed by atoms with Gasteiger partial charge in [-0.15, -0.1) is 0 Å². The molecular formula is C12H16Se. The van der Waals surface area contributed by atoms with Crippen LogP contribution in [0.25, 0.3) is 0 Å². The summed E-state index contributed by atoms with van der Waals surface area (Å²) in [5, 5.41) is 0. The van der Waals surface area contributed by atoms with Gasteiger partial charge in [0.2, 0.25) is 0 Å². The van der Waals surface area contributed by atoms with Crippen LogP contribution in [0.3, 0.4) is 0 Å². The number of hydrogen-bond donors (Lipinski definition) is 0. The van der Waals surface area contributed by atoms with Crippen molar-refractivity contribution in [1.29, 1.82) is 0 Å². The van der Waals surface area contributed by atoms with E-state index in [1.807, 2.05) is 0 Å². The third-order valence-electron chi connectivity index (χ3n) is 1.77. The van der Waals surface area contributed by atoms with Crippen molar-refractivity contribution in [2.75, 3.05) is 0 Å². The molecule has 0 unspecified atom stereocenters. The van der Waals surface area contributed by atoms with E-state index in [-0.39, 0.29) is 0 Å². The van der Waals surface area contributed by atoms with Crippen molar-refractivity contribution in [3.63, 3.8) is 0 Å². The molecule has 0 N–H and O–H groups in total. The Bertz CT molecular complexity index is 239. The molecule has 0 aromatic heterocycles. The fourth-order valence-electron chi connectivity index (χ4n) is 1.02. The van der Waals surface area contributed by atoms with E-state index in [1.165, 1.54) is 23.7 Å². The van der Waals surface area contributed by atoms with Gasteiger partial charge in [0.05, 0.1) is 0 Å². The molecule has 0 aliphatic carbocycles. The predicted octanol–water partition coefficient (Wildman–Crippen LogP) is 2.72. The summed E-state index contributed by atoms with van der Waals surface area (Å²) < 4.78 is 1.46. The maximum absolute atomic E-state index is 2.33. The zero-order valence-electron chi connectivity index (χ0n) is 8.07. The summed E-state index contributed by atoms with van der Waals surface area (Å²) in [4.78, 5) is 2.33. The molecule has 1 aromatic carbocycles. The van der Waals surface area contributed by atoms with Crippen molar-refractivity contribution < 1.29 is 0 Å². The van der Waals surface area contributed by atoms with Crippen LogP contribution in [0.1, 0.15) is 26.2 Å². The molecule has 0 atom stereocenters. The van der Waals surface area contributed by atoms with Crippen molar-refractivity contribution in [3.8, 4) is 0 Å². The first-order valence-corrected chi connectivity index (χ1v) is 6.64.